The second-order valence-electron chi connectivity index (χ2n) is 8.00. The molecular formula is C22H21ClN6O. The molecule has 0 spiro atoms. The van der Waals surface area contributed by atoms with E-state index in [1.54, 1.807) is 12.5 Å². The molecule has 2 bridgehead atoms. The second-order valence-corrected chi connectivity index (χ2v) is 8.41. The van der Waals surface area contributed by atoms with Crippen LogP contribution in [0.25, 0.3) is 28.5 Å². The van der Waals surface area contributed by atoms with Crippen LogP contribution in [0, 0.1) is 5.92 Å². The topological polar surface area (TPSA) is 71.5 Å². The fraction of sp³-hybridized carbons (Fsp3) is 0.318. The van der Waals surface area contributed by atoms with Gasteiger partial charge in [-0.2, -0.15) is 4.98 Å². The Hall–Kier alpha value is -2.90. The third-order valence-electron chi connectivity index (χ3n) is 6.26. The van der Waals surface area contributed by atoms with E-state index in [1.165, 1.54) is 25.9 Å². The van der Waals surface area contributed by atoms with Crippen LogP contribution >= 0.6 is 11.6 Å². The van der Waals surface area contributed by atoms with Crippen molar-refractivity contribution >= 4 is 23.4 Å². The molecular weight excluding hydrogens is 400 g/mol. The Bertz CT molecular complexity index is 1210. The van der Waals surface area contributed by atoms with Crippen LogP contribution in [0.3, 0.4) is 0 Å². The Morgan fingerprint density at radius 2 is 1.97 bits per heavy atom. The van der Waals surface area contributed by atoms with Crippen LogP contribution in [-0.2, 0) is 0 Å². The number of rotatable bonds is 4. The van der Waals surface area contributed by atoms with Crippen molar-refractivity contribution in [3.05, 3.63) is 54.0 Å². The number of nitrogens with one attached hydrogen (secondary N) is 1. The molecule has 1 N–H and O–H groups in total. The summed E-state index contributed by atoms with van der Waals surface area (Å²) in [6, 6.07) is 9.98. The quantitative estimate of drug-likeness (QED) is 0.533. The van der Waals surface area contributed by atoms with Crippen molar-refractivity contribution < 1.29 is 4.42 Å². The maximum Gasteiger partial charge on any atom is 0.306 e. The van der Waals surface area contributed by atoms with Crippen molar-refractivity contribution in [1.82, 2.24) is 24.3 Å². The van der Waals surface area contributed by atoms with Crippen LogP contribution in [0.1, 0.15) is 12.8 Å². The SMILES string of the molecule is Clc1ccccc1-c1nc2occn2c1-c1ccnc(N[C@@H]2CN3CCC2CC3)n1. The molecule has 0 aliphatic carbocycles. The first-order valence-electron chi connectivity index (χ1n) is 10.3. The molecule has 0 radical (unpaired) electrons. The van der Waals surface area contributed by atoms with Crippen LogP contribution < -0.4 is 5.32 Å². The van der Waals surface area contributed by atoms with Gasteiger partial charge in [-0.15, -0.1) is 0 Å². The number of nitrogens with zero attached hydrogens (tertiary/aromatic N) is 5. The Morgan fingerprint density at radius 3 is 2.77 bits per heavy atom. The summed E-state index contributed by atoms with van der Waals surface area (Å²) in [6.45, 7) is 3.47. The summed E-state index contributed by atoms with van der Waals surface area (Å²) >= 11 is 6.48. The lowest BCUT2D eigenvalue weighted by Crippen LogP contribution is -2.53. The molecule has 30 heavy (non-hydrogen) atoms. The Kier molecular flexibility index (Phi) is 4.24. The van der Waals surface area contributed by atoms with Crippen molar-refractivity contribution in [3.63, 3.8) is 0 Å². The standard InChI is InChI=1S/C22H21ClN6O/c23-16-4-2-1-3-15(16)19-20(29-11-12-30-22(29)27-19)17-5-8-24-21(25-17)26-18-13-28-9-6-14(18)7-10-28/h1-5,8,11-12,14,18H,6-7,9-10,13H2,(H,24,25,26)/t18-/m1/s1. The van der Waals surface area contributed by atoms with Gasteiger partial charge >= 0.3 is 5.84 Å². The number of piperidine rings is 3. The van der Waals surface area contributed by atoms with E-state index in [1.807, 2.05) is 40.9 Å². The summed E-state index contributed by atoms with van der Waals surface area (Å²) in [5.41, 5.74) is 3.20. The first kappa shape index (κ1) is 17.9. The molecule has 0 saturated carbocycles. The first-order chi connectivity index (χ1) is 14.8. The lowest BCUT2D eigenvalue weighted by Gasteiger charge is -2.44. The van der Waals surface area contributed by atoms with Gasteiger partial charge in [0.1, 0.15) is 17.7 Å². The van der Waals surface area contributed by atoms with Crippen molar-refractivity contribution in [2.45, 2.75) is 18.9 Å². The smallest absolute Gasteiger partial charge is 0.306 e. The van der Waals surface area contributed by atoms with E-state index in [0.717, 1.165) is 29.2 Å². The predicted octanol–water partition coefficient (Wildman–Crippen LogP) is 4.21. The highest BCUT2D eigenvalue weighted by Gasteiger charge is 2.34. The maximum atomic E-state index is 6.48. The number of anilines is 1. The Morgan fingerprint density at radius 1 is 1.10 bits per heavy atom. The van der Waals surface area contributed by atoms with E-state index in [-0.39, 0.29) is 0 Å². The molecule has 4 aromatic rings. The van der Waals surface area contributed by atoms with E-state index in [0.29, 0.717) is 28.8 Å². The van der Waals surface area contributed by atoms with E-state index in [9.17, 15) is 0 Å². The first-order valence-corrected chi connectivity index (χ1v) is 10.7. The van der Waals surface area contributed by atoms with E-state index in [4.69, 9.17) is 21.0 Å². The van der Waals surface area contributed by atoms with Gasteiger partial charge in [0.25, 0.3) is 0 Å². The molecule has 0 amide bonds. The lowest BCUT2D eigenvalue weighted by molar-refractivity contribution is 0.0972. The maximum absolute atomic E-state index is 6.48. The van der Waals surface area contributed by atoms with Gasteiger partial charge in [-0.1, -0.05) is 29.8 Å². The molecule has 6 heterocycles. The zero-order chi connectivity index (χ0) is 20.1. The van der Waals surface area contributed by atoms with E-state index in [2.05, 4.69) is 20.2 Å². The molecule has 3 fully saturated rings. The minimum Gasteiger partial charge on any atom is -0.432 e. The van der Waals surface area contributed by atoms with Crippen molar-refractivity contribution in [3.8, 4) is 22.6 Å². The summed E-state index contributed by atoms with van der Waals surface area (Å²) in [5.74, 6) is 1.84. The molecule has 1 atom stereocenters. The molecule has 0 unspecified atom stereocenters. The van der Waals surface area contributed by atoms with Gasteiger partial charge in [0.15, 0.2) is 0 Å². The van der Waals surface area contributed by atoms with Gasteiger partial charge in [0, 0.05) is 30.5 Å². The molecule has 3 aliphatic rings. The molecule has 152 valence electrons. The average molecular weight is 421 g/mol. The van der Waals surface area contributed by atoms with Gasteiger partial charge in [0.05, 0.1) is 10.7 Å². The van der Waals surface area contributed by atoms with Crippen molar-refractivity contribution in [2.24, 2.45) is 5.92 Å². The molecule has 7 rings (SSSR count). The van der Waals surface area contributed by atoms with Gasteiger partial charge in [-0.25, -0.2) is 9.97 Å². The van der Waals surface area contributed by atoms with Crippen LogP contribution in [0.4, 0.5) is 5.95 Å². The van der Waals surface area contributed by atoms with Gasteiger partial charge in [-0.3, -0.25) is 4.40 Å². The van der Waals surface area contributed by atoms with Crippen LogP contribution in [0.15, 0.2) is 53.4 Å². The van der Waals surface area contributed by atoms with Crippen LogP contribution in [-0.4, -0.2) is 49.9 Å². The fourth-order valence-corrected chi connectivity index (χ4v) is 4.95. The van der Waals surface area contributed by atoms with Crippen LogP contribution in [0.5, 0.6) is 0 Å². The van der Waals surface area contributed by atoms with E-state index >= 15 is 0 Å². The lowest BCUT2D eigenvalue weighted by atomic mass is 9.84. The molecule has 3 saturated heterocycles. The van der Waals surface area contributed by atoms with Crippen molar-refractivity contribution in [2.75, 3.05) is 25.0 Å². The highest BCUT2D eigenvalue weighted by Crippen LogP contribution is 2.36. The number of fused-ring (bicyclic) bond motifs is 4. The summed E-state index contributed by atoms with van der Waals surface area (Å²) in [7, 11) is 0. The predicted molar refractivity (Wildman–Crippen MR) is 116 cm³/mol. The zero-order valence-electron chi connectivity index (χ0n) is 16.3. The summed E-state index contributed by atoms with van der Waals surface area (Å²) in [5, 5.41) is 4.22. The van der Waals surface area contributed by atoms with E-state index < -0.39 is 0 Å². The molecule has 3 aliphatic heterocycles. The number of oxazole rings is 1. The van der Waals surface area contributed by atoms with Gasteiger partial charge < -0.3 is 14.6 Å². The molecule has 3 aromatic heterocycles. The van der Waals surface area contributed by atoms with Gasteiger partial charge in [-0.05, 0) is 44.0 Å². The number of imidazole rings is 1. The number of benzene rings is 1. The minimum atomic E-state index is 0.394. The molecule has 8 heteroatoms. The zero-order valence-corrected chi connectivity index (χ0v) is 17.1. The summed E-state index contributed by atoms with van der Waals surface area (Å²) in [6.07, 6.45) is 7.75. The van der Waals surface area contributed by atoms with Gasteiger partial charge in [0.2, 0.25) is 5.95 Å². The molecule has 7 nitrogen and oxygen atoms in total. The highest BCUT2D eigenvalue weighted by molar-refractivity contribution is 6.33. The van der Waals surface area contributed by atoms with Crippen molar-refractivity contribution in [1.29, 1.82) is 0 Å². The monoisotopic (exact) mass is 420 g/mol. The number of halogens is 1. The Balaban J connectivity index is 1.41. The number of hydrogen-bond donors (Lipinski definition) is 1. The summed E-state index contributed by atoms with van der Waals surface area (Å²) < 4.78 is 7.45. The largest absolute Gasteiger partial charge is 0.432 e. The highest BCUT2D eigenvalue weighted by atomic mass is 35.5. The molecule has 1 aromatic carbocycles. The third-order valence-corrected chi connectivity index (χ3v) is 6.59. The average Bonchev–Trinajstić information content (AvgIpc) is 3.36. The third kappa shape index (κ3) is 2.97. The minimum absolute atomic E-state index is 0.394. The Labute approximate surface area is 178 Å². The van der Waals surface area contributed by atoms with Crippen LogP contribution in [0.2, 0.25) is 5.02 Å². The summed E-state index contributed by atoms with van der Waals surface area (Å²) in [4.78, 5) is 16.5. The fourth-order valence-electron chi connectivity index (χ4n) is 4.73. The number of hydrogen-bond acceptors (Lipinski definition) is 6. The normalized spacial score (nSPS) is 23.2. The number of aromatic nitrogens is 4. The second kappa shape index (κ2) is 7.11.